The Kier molecular flexibility index (Phi) is 5.26. The molecule has 5 heteroatoms. The lowest BCUT2D eigenvalue weighted by Crippen LogP contribution is -2.26. The summed E-state index contributed by atoms with van der Waals surface area (Å²) in [6.07, 6.45) is 0.743. The van der Waals surface area contributed by atoms with Gasteiger partial charge in [0.05, 0.1) is 17.4 Å². The van der Waals surface area contributed by atoms with Crippen molar-refractivity contribution in [1.29, 1.82) is 5.26 Å². The fourth-order valence-electron chi connectivity index (χ4n) is 1.34. The molecule has 2 N–H and O–H groups in total. The maximum absolute atomic E-state index is 13.4. The van der Waals surface area contributed by atoms with E-state index >= 15 is 0 Å². The van der Waals surface area contributed by atoms with Crippen LogP contribution in [0.4, 0.5) is 4.39 Å². The van der Waals surface area contributed by atoms with Crippen LogP contribution < -0.4 is 5.73 Å². The van der Waals surface area contributed by atoms with Gasteiger partial charge < -0.3 is 5.73 Å². The Labute approximate surface area is 103 Å². The average Bonchev–Trinajstić information content (AvgIpc) is 2.31. The quantitative estimate of drug-likeness (QED) is 0.869. The molecule has 0 aliphatic heterocycles. The molecule has 0 saturated heterocycles. The number of hydrogen-bond donors (Lipinski definition) is 1. The van der Waals surface area contributed by atoms with Gasteiger partial charge in [0.2, 0.25) is 0 Å². The predicted octanol–water partition coefficient (Wildman–Crippen LogP) is 1.68. The summed E-state index contributed by atoms with van der Waals surface area (Å²) in [7, 11) is -1.20. The molecule has 0 amide bonds. The molecular formula is C12H15FN2OS. The topological polar surface area (TPSA) is 66.9 Å². The average molecular weight is 254 g/mol. The first kappa shape index (κ1) is 13.8. The van der Waals surface area contributed by atoms with E-state index in [1.54, 1.807) is 0 Å². The van der Waals surface area contributed by atoms with Crippen LogP contribution in [0.15, 0.2) is 18.2 Å². The van der Waals surface area contributed by atoms with Crippen molar-refractivity contribution in [2.24, 2.45) is 5.73 Å². The van der Waals surface area contributed by atoms with E-state index in [0.29, 0.717) is 16.9 Å². The lowest BCUT2D eigenvalue weighted by molar-refractivity contribution is 0.614. The van der Waals surface area contributed by atoms with Gasteiger partial charge in [-0.1, -0.05) is 6.92 Å². The fourth-order valence-corrected chi connectivity index (χ4v) is 2.74. The molecule has 1 aromatic rings. The third kappa shape index (κ3) is 4.25. The lowest BCUT2D eigenvalue weighted by Gasteiger charge is -2.09. The third-order valence-electron chi connectivity index (χ3n) is 2.42. The highest BCUT2D eigenvalue weighted by Gasteiger charge is 2.10. The van der Waals surface area contributed by atoms with Crippen LogP contribution in [0.1, 0.15) is 24.5 Å². The lowest BCUT2D eigenvalue weighted by atomic mass is 10.1. The molecule has 2 unspecified atom stereocenters. The van der Waals surface area contributed by atoms with Gasteiger partial charge in [-0.25, -0.2) is 4.39 Å². The van der Waals surface area contributed by atoms with E-state index in [-0.39, 0.29) is 11.8 Å². The normalized spacial score (nSPS) is 14.0. The summed E-state index contributed by atoms with van der Waals surface area (Å²) in [5.74, 6) is 0.0318. The summed E-state index contributed by atoms with van der Waals surface area (Å²) in [6.45, 7) is 1.92. The van der Waals surface area contributed by atoms with Crippen LogP contribution in [0.5, 0.6) is 0 Å². The number of nitriles is 1. The molecule has 2 atom stereocenters. The molecule has 3 nitrogen and oxygen atoms in total. The van der Waals surface area contributed by atoms with Gasteiger partial charge in [0, 0.05) is 28.2 Å². The first-order valence-electron chi connectivity index (χ1n) is 5.36. The maximum atomic E-state index is 13.4. The Hall–Kier alpha value is -1.25. The Bertz CT molecular complexity index is 456. The highest BCUT2D eigenvalue weighted by molar-refractivity contribution is 7.84. The van der Waals surface area contributed by atoms with Crippen molar-refractivity contribution in [3.8, 4) is 6.07 Å². The Morgan fingerprint density at radius 1 is 1.59 bits per heavy atom. The number of nitrogens with zero attached hydrogens (tertiary/aromatic N) is 1. The van der Waals surface area contributed by atoms with Crippen molar-refractivity contribution in [3.63, 3.8) is 0 Å². The van der Waals surface area contributed by atoms with E-state index < -0.39 is 16.6 Å². The predicted molar refractivity (Wildman–Crippen MR) is 66.1 cm³/mol. The summed E-state index contributed by atoms with van der Waals surface area (Å²) in [5.41, 5.74) is 6.37. The van der Waals surface area contributed by atoms with Crippen LogP contribution in [-0.2, 0) is 16.6 Å². The summed E-state index contributed by atoms with van der Waals surface area (Å²) >= 11 is 0. The van der Waals surface area contributed by atoms with Crippen LogP contribution in [-0.4, -0.2) is 16.0 Å². The third-order valence-corrected chi connectivity index (χ3v) is 3.85. The largest absolute Gasteiger partial charge is 0.327 e. The van der Waals surface area contributed by atoms with E-state index in [1.807, 2.05) is 13.0 Å². The molecule has 1 rings (SSSR count). The Morgan fingerprint density at radius 3 is 2.88 bits per heavy atom. The number of nitrogens with two attached hydrogens (primary N) is 1. The van der Waals surface area contributed by atoms with Gasteiger partial charge in [-0.3, -0.25) is 4.21 Å². The van der Waals surface area contributed by atoms with Crippen LogP contribution >= 0.6 is 0 Å². The van der Waals surface area contributed by atoms with E-state index in [2.05, 4.69) is 0 Å². The second-order valence-electron chi connectivity index (χ2n) is 3.84. The second-order valence-corrected chi connectivity index (χ2v) is 5.34. The smallest absolute Gasteiger partial charge is 0.127 e. The van der Waals surface area contributed by atoms with Gasteiger partial charge in [-0.2, -0.15) is 5.26 Å². The summed E-state index contributed by atoms with van der Waals surface area (Å²) in [6, 6.07) is 5.87. The van der Waals surface area contributed by atoms with Crippen LogP contribution in [0.2, 0.25) is 0 Å². The standard InChI is InChI=1S/C12H15FN2OS/c1-2-11(15)8-17(16)7-10-5-9(6-14)3-4-12(10)13/h3-5,11H,2,7-8,15H2,1H3. The summed E-state index contributed by atoms with van der Waals surface area (Å²) < 4.78 is 25.1. The van der Waals surface area contributed by atoms with Crippen molar-refractivity contribution in [2.45, 2.75) is 25.1 Å². The molecule has 0 saturated carbocycles. The molecule has 0 bridgehead atoms. The number of rotatable bonds is 5. The molecule has 1 aromatic carbocycles. The van der Waals surface area contributed by atoms with E-state index in [9.17, 15) is 8.60 Å². The number of benzene rings is 1. The molecule has 0 spiro atoms. The minimum absolute atomic E-state index is 0.106. The highest BCUT2D eigenvalue weighted by Crippen LogP contribution is 2.12. The molecule has 0 aliphatic carbocycles. The van der Waals surface area contributed by atoms with E-state index in [0.717, 1.165) is 6.42 Å². The number of halogens is 1. The molecule has 92 valence electrons. The minimum atomic E-state index is -1.20. The van der Waals surface area contributed by atoms with Gasteiger partial charge in [-0.15, -0.1) is 0 Å². The molecule has 0 aromatic heterocycles. The van der Waals surface area contributed by atoms with Crippen molar-refractivity contribution < 1.29 is 8.60 Å². The first-order valence-corrected chi connectivity index (χ1v) is 6.84. The van der Waals surface area contributed by atoms with E-state index in [4.69, 9.17) is 11.0 Å². The molecule has 17 heavy (non-hydrogen) atoms. The zero-order valence-corrected chi connectivity index (χ0v) is 10.5. The SMILES string of the molecule is CCC(N)CS(=O)Cc1cc(C#N)ccc1F. The maximum Gasteiger partial charge on any atom is 0.127 e. The highest BCUT2D eigenvalue weighted by atomic mass is 32.2. The van der Waals surface area contributed by atoms with Gasteiger partial charge in [0.1, 0.15) is 5.82 Å². The summed E-state index contributed by atoms with van der Waals surface area (Å²) in [4.78, 5) is 0. The minimum Gasteiger partial charge on any atom is -0.327 e. The van der Waals surface area contributed by atoms with Crippen molar-refractivity contribution in [1.82, 2.24) is 0 Å². The molecule has 0 radical (unpaired) electrons. The van der Waals surface area contributed by atoms with Gasteiger partial charge in [-0.05, 0) is 24.6 Å². The van der Waals surface area contributed by atoms with Gasteiger partial charge >= 0.3 is 0 Å². The Balaban J connectivity index is 2.74. The molecular weight excluding hydrogens is 239 g/mol. The van der Waals surface area contributed by atoms with Crippen molar-refractivity contribution in [3.05, 3.63) is 35.1 Å². The van der Waals surface area contributed by atoms with Gasteiger partial charge in [0.15, 0.2) is 0 Å². The fraction of sp³-hybridized carbons (Fsp3) is 0.417. The van der Waals surface area contributed by atoms with Crippen molar-refractivity contribution in [2.75, 3.05) is 5.75 Å². The zero-order chi connectivity index (χ0) is 12.8. The zero-order valence-electron chi connectivity index (χ0n) is 9.65. The van der Waals surface area contributed by atoms with Crippen LogP contribution in [0, 0.1) is 17.1 Å². The number of hydrogen-bond acceptors (Lipinski definition) is 3. The molecule has 0 aliphatic rings. The second kappa shape index (κ2) is 6.48. The van der Waals surface area contributed by atoms with Crippen molar-refractivity contribution >= 4 is 10.8 Å². The van der Waals surface area contributed by atoms with E-state index in [1.165, 1.54) is 18.2 Å². The first-order chi connectivity index (χ1) is 8.06. The molecule has 0 fully saturated rings. The molecule has 0 heterocycles. The van der Waals surface area contributed by atoms with Gasteiger partial charge in [0.25, 0.3) is 0 Å². The van der Waals surface area contributed by atoms with Crippen LogP contribution in [0.25, 0.3) is 0 Å². The van der Waals surface area contributed by atoms with Crippen LogP contribution in [0.3, 0.4) is 0 Å². The Morgan fingerprint density at radius 2 is 2.29 bits per heavy atom. The summed E-state index contributed by atoms with van der Waals surface area (Å²) in [5, 5.41) is 8.70. The monoisotopic (exact) mass is 254 g/mol.